The monoisotopic (exact) mass is 340 g/mol. The van der Waals surface area contributed by atoms with Crippen LogP contribution in [0.25, 0.3) is 0 Å². The van der Waals surface area contributed by atoms with Gasteiger partial charge in [-0.3, -0.25) is 9.59 Å². The van der Waals surface area contributed by atoms with Crippen LogP contribution >= 0.6 is 0 Å². The largest absolute Gasteiger partial charge is 0.484 e. The molecule has 5 nitrogen and oxygen atoms in total. The first kappa shape index (κ1) is 18.5. The van der Waals surface area contributed by atoms with E-state index >= 15 is 0 Å². The van der Waals surface area contributed by atoms with Crippen LogP contribution in [0.5, 0.6) is 5.75 Å². The van der Waals surface area contributed by atoms with Crippen LogP contribution in [0.2, 0.25) is 0 Å². The highest BCUT2D eigenvalue weighted by atomic mass is 16.5. The molecule has 0 heterocycles. The van der Waals surface area contributed by atoms with Crippen molar-refractivity contribution in [2.24, 2.45) is 0 Å². The van der Waals surface area contributed by atoms with Crippen LogP contribution in [0.15, 0.2) is 54.6 Å². The molecule has 5 heteroatoms. The van der Waals surface area contributed by atoms with Gasteiger partial charge in [0.15, 0.2) is 6.61 Å². The average molecular weight is 340 g/mol. The Balaban J connectivity index is 1.75. The fourth-order valence-electron chi connectivity index (χ4n) is 2.36. The summed E-state index contributed by atoms with van der Waals surface area (Å²) in [6, 6.07) is 17.1. The number of ether oxygens (including phenoxy) is 1. The minimum absolute atomic E-state index is 0.0643. The average Bonchev–Trinajstić information content (AvgIpc) is 2.64. The van der Waals surface area contributed by atoms with Gasteiger partial charge in [-0.15, -0.1) is 0 Å². The third-order valence-corrected chi connectivity index (χ3v) is 3.78. The molecule has 0 aliphatic heterocycles. The summed E-state index contributed by atoms with van der Waals surface area (Å²) in [5.41, 5.74) is 2.23. The van der Waals surface area contributed by atoms with Crippen molar-refractivity contribution in [3.63, 3.8) is 0 Å². The number of rotatable bonds is 8. The van der Waals surface area contributed by atoms with Gasteiger partial charge < -0.3 is 15.4 Å². The predicted molar refractivity (Wildman–Crippen MR) is 97.3 cm³/mol. The first-order valence-electron chi connectivity index (χ1n) is 8.39. The highest BCUT2D eigenvalue weighted by molar-refractivity contribution is 5.85. The highest BCUT2D eigenvalue weighted by Crippen LogP contribution is 2.16. The molecule has 0 saturated heterocycles. The summed E-state index contributed by atoms with van der Waals surface area (Å²) in [6.45, 7) is 3.85. The second-order valence-electron chi connectivity index (χ2n) is 5.82. The van der Waals surface area contributed by atoms with Crippen LogP contribution in [0, 0.1) is 6.92 Å². The maximum Gasteiger partial charge on any atom is 0.258 e. The second kappa shape index (κ2) is 9.47. The third-order valence-electron chi connectivity index (χ3n) is 3.78. The van der Waals surface area contributed by atoms with Gasteiger partial charge in [-0.25, -0.2) is 0 Å². The van der Waals surface area contributed by atoms with Crippen molar-refractivity contribution in [1.29, 1.82) is 0 Å². The Morgan fingerprint density at radius 3 is 2.32 bits per heavy atom. The van der Waals surface area contributed by atoms with Crippen molar-refractivity contribution >= 4 is 11.8 Å². The number of carbonyl (C=O) groups excluding carboxylic acids is 2. The smallest absolute Gasteiger partial charge is 0.258 e. The second-order valence-corrected chi connectivity index (χ2v) is 5.82. The zero-order valence-corrected chi connectivity index (χ0v) is 14.6. The van der Waals surface area contributed by atoms with E-state index in [4.69, 9.17) is 4.74 Å². The molecule has 0 aliphatic carbocycles. The van der Waals surface area contributed by atoms with E-state index in [-0.39, 0.29) is 31.0 Å². The summed E-state index contributed by atoms with van der Waals surface area (Å²) in [4.78, 5) is 23.8. The first-order valence-corrected chi connectivity index (χ1v) is 8.39. The van der Waals surface area contributed by atoms with Gasteiger partial charge >= 0.3 is 0 Å². The maximum atomic E-state index is 12.1. The van der Waals surface area contributed by atoms with E-state index in [1.54, 1.807) is 12.1 Å². The first-order chi connectivity index (χ1) is 12.1. The minimum atomic E-state index is -0.331. The van der Waals surface area contributed by atoms with Crippen LogP contribution in [-0.4, -0.2) is 25.0 Å². The number of aryl methyl sites for hydroxylation is 1. The molecule has 2 rings (SSSR count). The van der Waals surface area contributed by atoms with Crippen LogP contribution in [0.1, 0.15) is 30.5 Å². The third kappa shape index (κ3) is 6.30. The normalized spacial score (nSPS) is 11.4. The Bertz CT molecular complexity index is 684. The van der Waals surface area contributed by atoms with Crippen LogP contribution in [0.3, 0.4) is 0 Å². The summed E-state index contributed by atoms with van der Waals surface area (Å²) < 4.78 is 5.34. The Morgan fingerprint density at radius 2 is 1.68 bits per heavy atom. The molecule has 2 N–H and O–H groups in total. The van der Waals surface area contributed by atoms with Crippen molar-refractivity contribution in [3.05, 3.63) is 65.7 Å². The fourth-order valence-corrected chi connectivity index (χ4v) is 2.36. The summed E-state index contributed by atoms with van der Waals surface area (Å²) in [5, 5.41) is 5.50. The molecule has 25 heavy (non-hydrogen) atoms. The number of hydrogen-bond acceptors (Lipinski definition) is 3. The van der Waals surface area contributed by atoms with E-state index in [0.29, 0.717) is 5.75 Å². The molecule has 1 unspecified atom stereocenters. The molecule has 0 fully saturated rings. The SMILES string of the molecule is CCC(NC(=O)CNC(=O)COc1ccccc1)c1ccc(C)cc1. The topological polar surface area (TPSA) is 67.4 Å². The minimum Gasteiger partial charge on any atom is -0.484 e. The van der Waals surface area contributed by atoms with E-state index in [2.05, 4.69) is 10.6 Å². The lowest BCUT2D eigenvalue weighted by Crippen LogP contribution is -2.40. The number of carbonyl (C=O) groups is 2. The lowest BCUT2D eigenvalue weighted by Gasteiger charge is -2.18. The molecular formula is C20H24N2O3. The molecule has 0 radical (unpaired) electrons. The van der Waals surface area contributed by atoms with Crippen molar-refractivity contribution < 1.29 is 14.3 Å². The van der Waals surface area contributed by atoms with Crippen molar-refractivity contribution in [2.75, 3.05) is 13.2 Å². The van der Waals surface area contributed by atoms with Crippen LogP contribution < -0.4 is 15.4 Å². The Labute approximate surface area is 148 Å². The van der Waals surface area contributed by atoms with Gasteiger partial charge in [0, 0.05) is 0 Å². The summed E-state index contributed by atoms with van der Waals surface area (Å²) in [5.74, 6) is 0.0652. The molecule has 0 bridgehead atoms. The molecule has 0 aliphatic rings. The molecule has 2 aromatic carbocycles. The van der Waals surface area contributed by atoms with Crippen molar-refractivity contribution in [2.45, 2.75) is 26.3 Å². The van der Waals surface area contributed by atoms with Gasteiger partial charge in [-0.2, -0.15) is 0 Å². The molecule has 0 spiro atoms. The van der Waals surface area contributed by atoms with E-state index in [1.807, 2.05) is 56.3 Å². The van der Waals surface area contributed by atoms with Gasteiger partial charge in [0.2, 0.25) is 5.91 Å². The van der Waals surface area contributed by atoms with Crippen LogP contribution in [0.4, 0.5) is 0 Å². The standard InChI is InChI=1S/C20H24N2O3/c1-3-18(16-11-9-15(2)10-12-16)22-19(23)13-21-20(24)14-25-17-7-5-4-6-8-17/h4-12,18H,3,13-14H2,1-2H3,(H,21,24)(H,22,23). The summed E-state index contributed by atoms with van der Waals surface area (Å²) in [6.07, 6.45) is 0.778. The Hall–Kier alpha value is -2.82. The zero-order valence-electron chi connectivity index (χ0n) is 14.6. The van der Waals surface area contributed by atoms with Gasteiger partial charge in [-0.05, 0) is 31.0 Å². The molecular weight excluding hydrogens is 316 g/mol. The maximum absolute atomic E-state index is 12.1. The van der Waals surface area contributed by atoms with Crippen molar-refractivity contribution in [1.82, 2.24) is 10.6 Å². The van der Waals surface area contributed by atoms with E-state index in [9.17, 15) is 9.59 Å². The number of hydrogen-bond donors (Lipinski definition) is 2. The number of nitrogens with one attached hydrogen (secondary N) is 2. The molecule has 0 saturated carbocycles. The molecule has 132 valence electrons. The molecule has 1 atom stereocenters. The lowest BCUT2D eigenvalue weighted by molar-refractivity contribution is -0.127. The van der Waals surface area contributed by atoms with E-state index in [1.165, 1.54) is 5.56 Å². The molecule has 0 aromatic heterocycles. The van der Waals surface area contributed by atoms with E-state index < -0.39 is 0 Å². The summed E-state index contributed by atoms with van der Waals surface area (Å²) in [7, 11) is 0. The van der Waals surface area contributed by atoms with Gasteiger partial charge in [0.25, 0.3) is 5.91 Å². The van der Waals surface area contributed by atoms with Gasteiger partial charge in [0.1, 0.15) is 5.75 Å². The number of benzene rings is 2. The van der Waals surface area contributed by atoms with Crippen LogP contribution in [-0.2, 0) is 9.59 Å². The van der Waals surface area contributed by atoms with E-state index in [0.717, 1.165) is 12.0 Å². The van der Waals surface area contributed by atoms with Gasteiger partial charge in [-0.1, -0.05) is 55.0 Å². The molecule has 2 aromatic rings. The van der Waals surface area contributed by atoms with Crippen molar-refractivity contribution in [3.8, 4) is 5.75 Å². The Kier molecular flexibility index (Phi) is 7.01. The zero-order chi connectivity index (χ0) is 18.1. The Morgan fingerprint density at radius 1 is 1.00 bits per heavy atom. The molecule has 2 amide bonds. The lowest BCUT2D eigenvalue weighted by atomic mass is 10.0. The quantitative estimate of drug-likeness (QED) is 0.776. The number of amides is 2. The fraction of sp³-hybridized carbons (Fsp3) is 0.300. The summed E-state index contributed by atoms with van der Waals surface area (Å²) >= 11 is 0. The predicted octanol–water partition coefficient (Wildman–Crippen LogP) is 2.76. The number of para-hydroxylation sites is 1. The highest BCUT2D eigenvalue weighted by Gasteiger charge is 2.13. The van der Waals surface area contributed by atoms with Gasteiger partial charge in [0.05, 0.1) is 12.6 Å².